The number of amides is 2. The van der Waals surface area contributed by atoms with Gasteiger partial charge in [-0.05, 0) is 97.7 Å². The molecule has 2 bridgehead atoms. The van der Waals surface area contributed by atoms with Crippen molar-refractivity contribution in [3.63, 3.8) is 0 Å². The van der Waals surface area contributed by atoms with Crippen molar-refractivity contribution in [1.29, 1.82) is 0 Å². The summed E-state index contributed by atoms with van der Waals surface area (Å²) in [6.07, 6.45) is 12.4. The van der Waals surface area contributed by atoms with E-state index >= 15 is 0 Å². The van der Waals surface area contributed by atoms with E-state index in [-0.39, 0.29) is 28.9 Å². The summed E-state index contributed by atoms with van der Waals surface area (Å²) in [6.45, 7) is 4.66. The molecule has 11 nitrogen and oxygen atoms in total. The highest BCUT2D eigenvalue weighted by molar-refractivity contribution is 7.92. The van der Waals surface area contributed by atoms with Gasteiger partial charge in [0.2, 0.25) is 0 Å². The summed E-state index contributed by atoms with van der Waals surface area (Å²) in [6, 6.07) is 11.4. The number of fused-ring (bicyclic) bond motifs is 3. The third-order valence-corrected chi connectivity index (χ3v) is 12.3. The first-order chi connectivity index (χ1) is 24.6. The number of halogens is 1. The molecule has 51 heavy (non-hydrogen) atoms. The standard InChI is InChI=1S/C38H48ClN5O6S/c1-26-7-6-9-35(49-3)33-14-11-30(33)23-43-22-29-10-13-32(39)19-27(29)8-4-5-17-50-36-15-12-28(20-34(36)43)37(45)41-51(47,25-26)42-38(46)31-21-40-44(24-31)16-18-48-2/h6,9-10,12-13,15,19-21,24,26,30,33,35H,4-5,7-8,11,14,16-18,22-23,25H2,1-3H3,(H,41,42,45,46,47)/b9-6+/t26-,30-,33+,35-,51?/m0/s1. The zero-order valence-electron chi connectivity index (χ0n) is 29.6. The van der Waals surface area contributed by atoms with Crippen LogP contribution in [-0.4, -0.2) is 71.6 Å². The van der Waals surface area contributed by atoms with Crippen LogP contribution in [-0.2, 0) is 38.9 Å². The lowest BCUT2D eigenvalue weighted by atomic mass is 9.70. The number of benzene rings is 2. The van der Waals surface area contributed by atoms with Crippen molar-refractivity contribution >= 4 is 39.0 Å². The second-order valence-corrected chi connectivity index (χ2v) is 16.3. The highest BCUT2D eigenvalue weighted by Crippen LogP contribution is 2.42. The van der Waals surface area contributed by atoms with E-state index in [0.717, 1.165) is 44.3 Å². The summed E-state index contributed by atoms with van der Waals surface area (Å²) in [5.41, 5.74) is 3.63. The van der Waals surface area contributed by atoms with E-state index in [4.69, 9.17) is 25.8 Å². The van der Waals surface area contributed by atoms with Crippen LogP contribution in [0, 0.1) is 17.8 Å². The number of anilines is 1. The molecule has 274 valence electrons. The Morgan fingerprint density at radius 1 is 1.14 bits per heavy atom. The maximum absolute atomic E-state index is 14.5. The van der Waals surface area contributed by atoms with Gasteiger partial charge in [0.05, 0.1) is 49.1 Å². The van der Waals surface area contributed by atoms with E-state index in [9.17, 15) is 13.8 Å². The Bertz CT molecular complexity index is 1870. The quantitative estimate of drug-likeness (QED) is 0.285. The number of rotatable bonds is 6. The van der Waals surface area contributed by atoms with Crippen molar-refractivity contribution in [2.75, 3.05) is 44.6 Å². The predicted octanol–water partition coefficient (Wildman–Crippen LogP) is 6.50. The summed E-state index contributed by atoms with van der Waals surface area (Å²) in [7, 11) is -0.228. The number of hydrogen-bond acceptors (Lipinski definition) is 8. The van der Waals surface area contributed by atoms with Crippen molar-refractivity contribution in [2.45, 2.75) is 64.6 Å². The SMILES string of the molecule is COCCn1cc(C(=O)NS2(=O)=NC(=O)c3ccc4c(c3)N(Cc3ccc(Cl)cc3CCCCO4)C[C@@H]3CC[C@H]3[C@@H](OC)/C=C/C[C@H](C)C2)cn1. The van der Waals surface area contributed by atoms with Gasteiger partial charge in [0.1, 0.15) is 15.7 Å². The molecule has 1 aliphatic carbocycles. The number of methoxy groups -OCH3 is 2. The molecular weight excluding hydrogens is 690 g/mol. The normalized spacial score (nSPS) is 26.3. The van der Waals surface area contributed by atoms with Gasteiger partial charge >= 0.3 is 0 Å². The molecule has 2 aliphatic heterocycles. The van der Waals surface area contributed by atoms with Gasteiger partial charge in [0.15, 0.2) is 0 Å². The number of hydrogen-bond donors (Lipinski definition) is 1. The van der Waals surface area contributed by atoms with E-state index in [0.29, 0.717) is 55.3 Å². The predicted molar refractivity (Wildman–Crippen MR) is 199 cm³/mol. The smallest absolute Gasteiger partial charge is 0.286 e. The van der Waals surface area contributed by atoms with E-state index in [1.807, 2.05) is 19.1 Å². The molecule has 1 unspecified atom stereocenters. The molecule has 3 aromatic rings. The molecule has 5 atom stereocenters. The fourth-order valence-corrected chi connectivity index (χ4v) is 9.25. The lowest BCUT2D eigenvalue weighted by molar-refractivity contribution is 0.0133. The zero-order valence-corrected chi connectivity index (χ0v) is 31.2. The molecule has 0 saturated heterocycles. The molecule has 3 heterocycles. The first-order valence-corrected chi connectivity index (χ1v) is 19.8. The van der Waals surface area contributed by atoms with E-state index in [1.165, 1.54) is 17.3 Å². The van der Waals surface area contributed by atoms with Gasteiger partial charge in [-0.1, -0.05) is 36.7 Å². The van der Waals surface area contributed by atoms with Crippen LogP contribution in [0.25, 0.3) is 0 Å². The van der Waals surface area contributed by atoms with Gasteiger partial charge in [-0.2, -0.15) is 5.10 Å². The van der Waals surface area contributed by atoms with Crippen LogP contribution in [0.3, 0.4) is 0 Å². The molecule has 2 amide bonds. The van der Waals surface area contributed by atoms with Gasteiger partial charge in [-0.3, -0.25) is 19.0 Å². The van der Waals surface area contributed by atoms with Crippen LogP contribution in [0.1, 0.15) is 70.9 Å². The Balaban J connectivity index is 1.42. The summed E-state index contributed by atoms with van der Waals surface area (Å²) in [5.74, 6) is -0.121. The number of carbonyl (C=O) groups is 2. The Morgan fingerprint density at radius 2 is 2.00 bits per heavy atom. The van der Waals surface area contributed by atoms with Crippen molar-refractivity contribution in [2.24, 2.45) is 22.1 Å². The van der Waals surface area contributed by atoms with Crippen molar-refractivity contribution in [3.05, 3.63) is 88.2 Å². The average molecular weight is 738 g/mol. The summed E-state index contributed by atoms with van der Waals surface area (Å²) in [4.78, 5) is 29.7. The van der Waals surface area contributed by atoms with Crippen LogP contribution >= 0.6 is 11.6 Å². The van der Waals surface area contributed by atoms with E-state index in [1.54, 1.807) is 37.2 Å². The molecule has 6 rings (SSSR count). The Morgan fingerprint density at radius 3 is 2.78 bits per heavy atom. The van der Waals surface area contributed by atoms with Crippen LogP contribution in [0.15, 0.2) is 65.3 Å². The molecule has 0 spiro atoms. The monoisotopic (exact) mass is 737 g/mol. The lowest BCUT2D eigenvalue weighted by Gasteiger charge is -2.43. The minimum absolute atomic E-state index is 0.0180. The second-order valence-electron chi connectivity index (χ2n) is 13.9. The van der Waals surface area contributed by atoms with Gasteiger partial charge < -0.3 is 19.1 Å². The van der Waals surface area contributed by atoms with E-state index in [2.05, 4.69) is 43.4 Å². The molecule has 3 aliphatic rings. The molecule has 1 fully saturated rings. The minimum atomic E-state index is -3.56. The average Bonchev–Trinajstić information content (AvgIpc) is 3.56. The van der Waals surface area contributed by atoms with Gasteiger partial charge in [-0.25, -0.2) is 4.21 Å². The van der Waals surface area contributed by atoms with Crippen molar-refractivity contribution < 1.29 is 28.0 Å². The molecule has 1 aromatic heterocycles. The summed E-state index contributed by atoms with van der Waals surface area (Å²) < 4.78 is 40.5. The van der Waals surface area contributed by atoms with Crippen LogP contribution in [0.4, 0.5) is 5.69 Å². The molecule has 13 heteroatoms. The Hall–Kier alpha value is -3.71. The third-order valence-electron chi connectivity index (χ3n) is 10.1. The number of allylic oxidation sites excluding steroid dienone is 1. The first kappa shape index (κ1) is 37.1. The highest BCUT2D eigenvalue weighted by atomic mass is 35.5. The Labute approximate surface area is 306 Å². The first-order valence-electron chi connectivity index (χ1n) is 17.8. The van der Waals surface area contributed by atoms with Crippen LogP contribution in [0.5, 0.6) is 5.75 Å². The fraction of sp³-hybridized carbons (Fsp3) is 0.500. The maximum Gasteiger partial charge on any atom is 0.286 e. The van der Waals surface area contributed by atoms with Crippen LogP contribution in [0.2, 0.25) is 5.02 Å². The molecule has 0 radical (unpaired) electrons. The number of nitrogens with one attached hydrogen (secondary N) is 1. The van der Waals surface area contributed by atoms with Gasteiger partial charge in [-0.15, -0.1) is 4.36 Å². The topological polar surface area (TPSA) is 124 Å². The lowest BCUT2D eigenvalue weighted by Crippen LogP contribution is -2.43. The Kier molecular flexibility index (Phi) is 12.2. The number of aryl methyl sites for hydroxylation is 1. The molecule has 1 N–H and O–H groups in total. The number of ether oxygens (including phenoxy) is 3. The van der Waals surface area contributed by atoms with Crippen molar-refractivity contribution in [1.82, 2.24) is 14.5 Å². The summed E-state index contributed by atoms with van der Waals surface area (Å²) >= 11 is 6.46. The largest absolute Gasteiger partial charge is 0.491 e. The van der Waals surface area contributed by atoms with Crippen molar-refractivity contribution in [3.8, 4) is 5.75 Å². The maximum atomic E-state index is 14.5. The molecule has 2 aromatic carbocycles. The fourth-order valence-electron chi connectivity index (χ4n) is 7.17. The number of nitrogens with zero attached hydrogens (tertiary/aromatic N) is 4. The number of carbonyl (C=O) groups excluding carboxylic acids is 2. The van der Waals surface area contributed by atoms with Gasteiger partial charge in [0.25, 0.3) is 11.8 Å². The zero-order chi connectivity index (χ0) is 36.0. The number of aromatic nitrogens is 2. The van der Waals surface area contributed by atoms with Crippen LogP contribution < -0.4 is 14.4 Å². The van der Waals surface area contributed by atoms with Gasteiger partial charge in [0, 0.05) is 44.1 Å². The molecule has 1 saturated carbocycles. The second kappa shape index (κ2) is 16.8. The minimum Gasteiger partial charge on any atom is -0.491 e. The molecular formula is C38H48ClN5O6S. The highest BCUT2D eigenvalue weighted by Gasteiger charge is 2.38. The summed E-state index contributed by atoms with van der Waals surface area (Å²) in [5, 5.41) is 4.92. The van der Waals surface area contributed by atoms with E-state index < -0.39 is 21.7 Å². The third kappa shape index (κ3) is 9.21.